The fourth-order valence-corrected chi connectivity index (χ4v) is 7.19. The van der Waals surface area contributed by atoms with Gasteiger partial charge in [0.15, 0.2) is 0 Å². The van der Waals surface area contributed by atoms with E-state index in [1.165, 1.54) is 16.4 Å². The fraction of sp³-hybridized carbons (Fsp3) is 0.611. The van der Waals surface area contributed by atoms with Crippen LogP contribution in [-0.2, 0) is 19.6 Å². The van der Waals surface area contributed by atoms with E-state index in [-0.39, 0.29) is 48.0 Å². The highest BCUT2D eigenvalue weighted by Crippen LogP contribution is 2.39. The molecule has 162 valence electrons. The average Bonchev–Trinajstić information content (AvgIpc) is 2.69. The Bertz CT molecular complexity index is 801. The Balaban J connectivity index is 1.57. The highest BCUT2D eigenvalue weighted by molar-refractivity contribution is 8.00. The molecule has 2 fully saturated rings. The average molecular weight is 470 g/mol. The highest BCUT2D eigenvalue weighted by Gasteiger charge is 2.49. The Kier molecular flexibility index (Phi) is 7.25. The third-order valence-electron chi connectivity index (χ3n) is 5.17. The zero-order chi connectivity index (χ0) is 21.1. The first-order valence-corrected chi connectivity index (χ1v) is 12.4. The normalized spacial score (nSPS) is 21.8. The summed E-state index contributed by atoms with van der Waals surface area (Å²) in [7, 11) is -3.75. The lowest BCUT2D eigenvalue weighted by Crippen LogP contribution is -2.54. The lowest BCUT2D eigenvalue weighted by molar-refractivity contribution is -0.112. The second-order valence-corrected chi connectivity index (χ2v) is 11.8. The Hall–Kier alpha value is -0.750. The number of ether oxygens (including phenoxy) is 1. The van der Waals surface area contributed by atoms with E-state index in [1.807, 2.05) is 0 Å². The maximum Gasteiger partial charge on any atom is 0.446 e. The van der Waals surface area contributed by atoms with Crippen molar-refractivity contribution in [1.82, 2.24) is 4.31 Å². The summed E-state index contributed by atoms with van der Waals surface area (Å²) in [6.07, 6.45) is 2.15. The predicted octanol–water partition coefficient (Wildman–Crippen LogP) is 3.93. The Labute approximate surface area is 176 Å². The molecule has 2 aliphatic rings. The summed E-state index contributed by atoms with van der Waals surface area (Å²) < 4.78 is 68.6. The van der Waals surface area contributed by atoms with Gasteiger partial charge in [-0.05, 0) is 61.7 Å². The van der Waals surface area contributed by atoms with Crippen molar-refractivity contribution >= 4 is 39.8 Å². The Morgan fingerprint density at radius 3 is 2.14 bits per heavy atom. The minimum atomic E-state index is -4.31. The molecule has 0 amide bonds. The second kappa shape index (κ2) is 9.17. The number of sulfonamides is 1. The maximum absolute atomic E-state index is 13.0. The molecular formula is C18H22F3NO4S3. The summed E-state index contributed by atoms with van der Waals surface area (Å²) in [4.78, 5) is 12.6. The summed E-state index contributed by atoms with van der Waals surface area (Å²) in [5.74, 6) is 0. The van der Waals surface area contributed by atoms with Crippen molar-refractivity contribution in [2.75, 3.05) is 26.3 Å². The molecule has 1 aromatic rings. The van der Waals surface area contributed by atoms with E-state index in [9.17, 15) is 26.4 Å². The highest BCUT2D eigenvalue weighted by atomic mass is 32.2. The van der Waals surface area contributed by atoms with Gasteiger partial charge in [0, 0.05) is 41.3 Å². The number of benzene rings is 1. The van der Waals surface area contributed by atoms with Gasteiger partial charge in [-0.25, -0.2) is 12.7 Å². The van der Waals surface area contributed by atoms with Crippen molar-refractivity contribution in [1.29, 1.82) is 0 Å². The van der Waals surface area contributed by atoms with Gasteiger partial charge in [0.05, 0.1) is 0 Å². The zero-order valence-electron chi connectivity index (χ0n) is 15.6. The van der Waals surface area contributed by atoms with E-state index in [0.29, 0.717) is 32.2 Å². The van der Waals surface area contributed by atoms with Gasteiger partial charge in [-0.3, -0.25) is 0 Å². The van der Waals surface area contributed by atoms with Crippen molar-refractivity contribution in [2.24, 2.45) is 0 Å². The first-order valence-electron chi connectivity index (χ1n) is 9.21. The Morgan fingerprint density at radius 2 is 1.62 bits per heavy atom. The van der Waals surface area contributed by atoms with Crippen LogP contribution in [0.1, 0.15) is 25.7 Å². The minimum Gasteiger partial charge on any atom is -0.381 e. The molecule has 0 saturated carbocycles. The smallest absolute Gasteiger partial charge is 0.381 e. The van der Waals surface area contributed by atoms with Crippen LogP contribution >= 0.6 is 23.5 Å². The summed E-state index contributed by atoms with van der Waals surface area (Å²) >= 11 is 1.40. The van der Waals surface area contributed by atoms with Gasteiger partial charge in [0.2, 0.25) is 10.0 Å². The molecule has 2 saturated heterocycles. The largest absolute Gasteiger partial charge is 0.446 e. The fourth-order valence-electron chi connectivity index (χ4n) is 3.51. The Morgan fingerprint density at radius 1 is 1.07 bits per heavy atom. The van der Waals surface area contributed by atoms with Gasteiger partial charge in [0.1, 0.15) is 11.0 Å². The van der Waals surface area contributed by atoms with Crippen LogP contribution in [0.25, 0.3) is 0 Å². The third-order valence-corrected chi connectivity index (χ3v) is 9.83. The van der Waals surface area contributed by atoms with E-state index in [2.05, 4.69) is 0 Å². The molecule has 11 heteroatoms. The number of thioether (sulfide) groups is 2. The van der Waals surface area contributed by atoms with E-state index < -0.39 is 20.3 Å². The van der Waals surface area contributed by atoms with Crippen molar-refractivity contribution in [3.63, 3.8) is 0 Å². The standard InChI is InChI=1S/C18H22F3NO4S3/c19-18(20,21)28-16-3-1-14(2-4-16)27-15-5-9-22(10-6-15)29(24,25)17(13-23)7-11-26-12-8-17/h1-4,13,15H,5-12H2. The molecule has 3 rings (SSSR count). The number of alkyl halides is 3. The van der Waals surface area contributed by atoms with Crippen LogP contribution in [0.2, 0.25) is 0 Å². The van der Waals surface area contributed by atoms with Crippen LogP contribution in [-0.4, -0.2) is 60.8 Å². The van der Waals surface area contributed by atoms with Crippen LogP contribution in [0.15, 0.2) is 34.1 Å². The van der Waals surface area contributed by atoms with Crippen LogP contribution in [0.3, 0.4) is 0 Å². The van der Waals surface area contributed by atoms with Crippen molar-refractivity contribution in [3.8, 4) is 0 Å². The van der Waals surface area contributed by atoms with Crippen molar-refractivity contribution in [2.45, 2.75) is 51.0 Å². The molecule has 0 N–H and O–H groups in total. The molecule has 2 heterocycles. The van der Waals surface area contributed by atoms with Crippen molar-refractivity contribution in [3.05, 3.63) is 24.3 Å². The molecule has 2 aliphatic heterocycles. The van der Waals surface area contributed by atoms with Crippen LogP contribution in [0, 0.1) is 0 Å². The van der Waals surface area contributed by atoms with E-state index in [1.54, 1.807) is 23.9 Å². The number of carbonyl (C=O) groups excluding carboxylic acids is 1. The van der Waals surface area contributed by atoms with E-state index >= 15 is 0 Å². The molecule has 29 heavy (non-hydrogen) atoms. The second-order valence-electron chi connectivity index (χ2n) is 7.04. The van der Waals surface area contributed by atoms with Crippen LogP contribution < -0.4 is 0 Å². The summed E-state index contributed by atoms with van der Waals surface area (Å²) in [5.41, 5.74) is -4.31. The number of rotatable bonds is 6. The number of halogens is 3. The monoisotopic (exact) mass is 469 g/mol. The molecule has 0 atom stereocenters. The van der Waals surface area contributed by atoms with Gasteiger partial charge in [-0.2, -0.15) is 13.2 Å². The molecule has 5 nitrogen and oxygen atoms in total. The molecular weight excluding hydrogens is 447 g/mol. The quantitative estimate of drug-likeness (QED) is 0.465. The third kappa shape index (κ3) is 5.49. The number of nitrogens with zero attached hydrogens (tertiary/aromatic N) is 1. The summed E-state index contributed by atoms with van der Waals surface area (Å²) in [6, 6.07) is 6.20. The number of carbonyl (C=O) groups is 1. The number of hydrogen-bond donors (Lipinski definition) is 0. The lowest BCUT2D eigenvalue weighted by atomic mass is 10.0. The number of hydrogen-bond acceptors (Lipinski definition) is 6. The van der Waals surface area contributed by atoms with Gasteiger partial charge in [-0.1, -0.05) is 0 Å². The first kappa shape index (κ1) is 22.9. The van der Waals surface area contributed by atoms with E-state index in [4.69, 9.17) is 4.74 Å². The predicted molar refractivity (Wildman–Crippen MR) is 107 cm³/mol. The van der Waals surface area contributed by atoms with Crippen LogP contribution in [0.5, 0.6) is 0 Å². The number of aldehydes is 1. The number of piperidine rings is 1. The summed E-state index contributed by atoms with van der Waals surface area (Å²) in [6.45, 7) is 1.18. The molecule has 0 spiro atoms. The molecule has 0 aromatic heterocycles. The summed E-state index contributed by atoms with van der Waals surface area (Å²) in [5, 5.41) is 0.171. The SMILES string of the molecule is O=CC1(S(=O)(=O)N2CCC(Sc3ccc(SC(F)(F)F)cc3)CC2)CCOCC1. The minimum absolute atomic E-state index is 0.137. The first-order chi connectivity index (χ1) is 13.7. The molecule has 0 unspecified atom stereocenters. The van der Waals surface area contributed by atoms with Gasteiger partial charge in [-0.15, -0.1) is 11.8 Å². The van der Waals surface area contributed by atoms with Gasteiger partial charge in [0.25, 0.3) is 0 Å². The zero-order valence-corrected chi connectivity index (χ0v) is 18.0. The molecule has 1 aromatic carbocycles. The van der Waals surface area contributed by atoms with Gasteiger partial charge >= 0.3 is 5.51 Å². The van der Waals surface area contributed by atoms with Crippen LogP contribution in [0.4, 0.5) is 13.2 Å². The molecule has 0 radical (unpaired) electrons. The topological polar surface area (TPSA) is 63.7 Å². The van der Waals surface area contributed by atoms with Crippen molar-refractivity contribution < 1.29 is 31.1 Å². The lowest BCUT2D eigenvalue weighted by Gasteiger charge is -2.39. The molecule has 0 bridgehead atoms. The maximum atomic E-state index is 13.0. The van der Waals surface area contributed by atoms with Gasteiger partial charge < -0.3 is 9.53 Å². The molecule has 0 aliphatic carbocycles. The van der Waals surface area contributed by atoms with E-state index in [0.717, 1.165) is 4.90 Å².